The van der Waals surface area contributed by atoms with Gasteiger partial charge in [-0.3, -0.25) is 10.1 Å². The van der Waals surface area contributed by atoms with Crippen LogP contribution in [0.5, 0.6) is 0 Å². The number of hydrogen-bond donors (Lipinski definition) is 1. The summed E-state index contributed by atoms with van der Waals surface area (Å²) in [4.78, 5) is 16.9. The number of piperidine rings is 1. The van der Waals surface area contributed by atoms with Crippen molar-refractivity contribution in [1.29, 1.82) is 0 Å². The van der Waals surface area contributed by atoms with Gasteiger partial charge in [-0.15, -0.1) is 0 Å². The van der Waals surface area contributed by atoms with E-state index in [0.29, 0.717) is 10.5 Å². The zero-order valence-electron chi connectivity index (χ0n) is 11.5. The summed E-state index contributed by atoms with van der Waals surface area (Å²) in [6, 6.07) is 1.98. The minimum absolute atomic E-state index is 0.0180. The number of pyridine rings is 1. The zero-order valence-corrected chi connectivity index (χ0v) is 13.1. The maximum atomic E-state index is 10.8. The van der Waals surface area contributed by atoms with Gasteiger partial charge in [-0.25, -0.2) is 4.98 Å². The van der Waals surface area contributed by atoms with Crippen molar-refractivity contribution in [2.24, 2.45) is 0 Å². The second-order valence-corrected chi connectivity index (χ2v) is 5.85. The number of halogens is 1. The molecule has 7 heteroatoms. The van der Waals surface area contributed by atoms with Crippen molar-refractivity contribution in [2.45, 2.75) is 31.7 Å². The van der Waals surface area contributed by atoms with E-state index in [2.05, 4.69) is 31.1 Å². The average Bonchev–Trinajstić information content (AvgIpc) is 2.45. The fourth-order valence-electron chi connectivity index (χ4n) is 2.62. The highest BCUT2D eigenvalue weighted by Crippen LogP contribution is 2.32. The molecule has 2 rings (SSSR count). The molecule has 0 aromatic carbocycles. The number of aromatic nitrogens is 1. The normalized spacial score (nSPS) is 19.1. The number of nitrogens with one attached hydrogen (secondary N) is 1. The minimum atomic E-state index is -0.420. The van der Waals surface area contributed by atoms with Gasteiger partial charge in [0.25, 0.3) is 5.69 Å². The van der Waals surface area contributed by atoms with Crippen LogP contribution in [0, 0.1) is 10.1 Å². The molecule has 20 heavy (non-hydrogen) atoms. The molecule has 1 saturated heterocycles. The largest absolute Gasteiger partial charge is 0.353 e. The number of nitrogens with zero attached hydrogens (tertiary/aromatic N) is 3. The molecule has 1 aromatic heterocycles. The van der Waals surface area contributed by atoms with Gasteiger partial charge in [-0.1, -0.05) is 0 Å². The van der Waals surface area contributed by atoms with E-state index in [0.717, 1.165) is 38.2 Å². The molecular weight excluding hydrogens is 324 g/mol. The van der Waals surface area contributed by atoms with E-state index in [9.17, 15) is 10.1 Å². The molecular formula is C13H19BrN4O2. The first kappa shape index (κ1) is 15.2. The Bertz CT molecular complexity index is 483. The Hall–Kier alpha value is -1.21. The molecule has 2 heterocycles. The van der Waals surface area contributed by atoms with Gasteiger partial charge in [0.05, 0.1) is 9.40 Å². The lowest BCUT2D eigenvalue weighted by Crippen LogP contribution is -2.41. The first-order valence-electron chi connectivity index (χ1n) is 6.84. The van der Waals surface area contributed by atoms with E-state index in [4.69, 9.17) is 0 Å². The summed E-state index contributed by atoms with van der Waals surface area (Å²) in [7, 11) is 1.95. The lowest BCUT2D eigenvalue weighted by molar-refractivity contribution is -0.385. The second-order valence-electron chi connectivity index (χ2n) is 4.99. The lowest BCUT2D eigenvalue weighted by Gasteiger charge is -2.37. The highest BCUT2D eigenvalue weighted by atomic mass is 79.9. The summed E-state index contributed by atoms with van der Waals surface area (Å²) in [5, 5.41) is 13.9. The van der Waals surface area contributed by atoms with Crippen molar-refractivity contribution < 1.29 is 4.92 Å². The van der Waals surface area contributed by atoms with Crippen LogP contribution in [-0.4, -0.2) is 36.1 Å². The molecule has 1 unspecified atom stereocenters. The molecule has 6 nitrogen and oxygen atoms in total. The molecule has 1 atom stereocenters. The van der Waals surface area contributed by atoms with Crippen LogP contribution >= 0.6 is 15.9 Å². The van der Waals surface area contributed by atoms with Gasteiger partial charge in [0.15, 0.2) is 0 Å². The summed E-state index contributed by atoms with van der Waals surface area (Å²) in [5.74, 6) is 0.816. The number of hydrogen-bond acceptors (Lipinski definition) is 5. The van der Waals surface area contributed by atoms with Crippen molar-refractivity contribution in [2.75, 3.05) is 25.0 Å². The maximum Gasteiger partial charge on any atom is 0.288 e. The van der Waals surface area contributed by atoms with Gasteiger partial charge < -0.3 is 10.2 Å². The molecule has 1 aromatic rings. The third kappa shape index (κ3) is 3.46. The van der Waals surface area contributed by atoms with Crippen molar-refractivity contribution in [3.63, 3.8) is 0 Å². The van der Waals surface area contributed by atoms with Crippen molar-refractivity contribution in [3.05, 3.63) is 26.9 Å². The second kappa shape index (κ2) is 6.99. The van der Waals surface area contributed by atoms with Gasteiger partial charge in [-0.05, 0) is 55.2 Å². The highest BCUT2D eigenvalue weighted by molar-refractivity contribution is 9.10. The first-order valence-corrected chi connectivity index (χ1v) is 7.64. The van der Waals surface area contributed by atoms with Gasteiger partial charge in [-0.2, -0.15) is 0 Å². The van der Waals surface area contributed by atoms with E-state index < -0.39 is 4.92 Å². The SMILES string of the molecule is CNCCC1CCCCN1c1ncc([N+](=O)[O-])cc1Br. The molecule has 0 amide bonds. The maximum absolute atomic E-state index is 10.8. The van der Waals surface area contributed by atoms with Crippen LogP contribution in [0.15, 0.2) is 16.7 Å². The molecule has 1 aliphatic heterocycles. The summed E-state index contributed by atoms with van der Waals surface area (Å²) < 4.78 is 0.697. The first-order chi connectivity index (χ1) is 9.63. The number of nitro groups is 1. The third-order valence-electron chi connectivity index (χ3n) is 3.64. The molecule has 1 N–H and O–H groups in total. The lowest BCUT2D eigenvalue weighted by atomic mass is 9.99. The standard InChI is InChI=1S/C13H19BrN4O2/c1-15-6-5-10-4-2-3-7-17(10)13-12(14)8-11(9-16-13)18(19)20/h8-10,15H,2-7H2,1H3. The van der Waals surface area contributed by atoms with Crippen LogP contribution in [0.4, 0.5) is 11.5 Å². The van der Waals surface area contributed by atoms with E-state index in [-0.39, 0.29) is 5.69 Å². The fourth-order valence-corrected chi connectivity index (χ4v) is 3.19. The van der Waals surface area contributed by atoms with Crippen LogP contribution in [0.3, 0.4) is 0 Å². The van der Waals surface area contributed by atoms with Crippen molar-refractivity contribution >= 4 is 27.4 Å². The minimum Gasteiger partial charge on any atom is -0.353 e. The molecule has 0 bridgehead atoms. The number of rotatable bonds is 5. The monoisotopic (exact) mass is 342 g/mol. The van der Waals surface area contributed by atoms with E-state index in [1.165, 1.54) is 18.7 Å². The summed E-state index contributed by atoms with van der Waals surface area (Å²) in [6.07, 6.45) is 5.91. The summed E-state index contributed by atoms with van der Waals surface area (Å²) >= 11 is 3.42. The number of anilines is 1. The van der Waals surface area contributed by atoms with Gasteiger partial charge >= 0.3 is 0 Å². The molecule has 0 spiro atoms. The van der Waals surface area contributed by atoms with Crippen LogP contribution < -0.4 is 10.2 Å². The Labute approximate surface area is 126 Å². The van der Waals surface area contributed by atoms with E-state index in [1.807, 2.05) is 7.05 Å². The Morgan fingerprint density at radius 2 is 2.40 bits per heavy atom. The highest BCUT2D eigenvalue weighted by Gasteiger charge is 2.25. The van der Waals surface area contributed by atoms with Gasteiger partial charge in [0.1, 0.15) is 12.0 Å². The topological polar surface area (TPSA) is 71.3 Å². The fraction of sp³-hybridized carbons (Fsp3) is 0.615. The Balaban J connectivity index is 2.21. The van der Waals surface area contributed by atoms with Crippen molar-refractivity contribution in [3.8, 4) is 0 Å². The molecule has 0 radical (unpaired) electrons. The smallest absolute Gasteiger partial charge is 0.288 e. The van der Waals surface area contributed by atoms with E-state index in [1.54, 1.807) is 0 Å². The van der Waals surface area contributed by atoms with Crippen LogP contribution in [0.2, 0.25) is 0 Å². The molecule has 0 aliphatic carbocycles. The van der Waals surface area contributed by atoms with Crippen LogP contribution in [-0.2, 0) is 0 Å². The van der Waals surface area contributed by atoms with E-state index >= 15 is 0 Å². The van der Waals surface area contributed by atoms with Crippen molar-refractivity contribution in [1.82, 2.24) is 10.3 Å². The summed E-state index contributed by atoms with van der Waals surface area (Å²) in [5.41, 5.74) is 0.0180. The average molecular weight is 343 g/mol. The molecule has 0 saturated carbocycles. The van der Waals surface area contributed by atoms with Crippen LogP contribution in [0.1, 0.15) is 25.7 Å². The van der Waals surface area contributed by atoms with Crippen LogP contribution in [0.25, 0.3) is 0 Å². The molecule has 110 valence electrons. The predicted molar refractivity (Wildman–Crippen MR) is 82.1 cm³/mol. The Morgan fingerprint density at radius 1 is 1.60 bits per heavy atom. The quantitative estimate of drug-likeness (QED) is 0.657. The third-order valence-corrected chi connectivity index (χ3v) is 4.23. The zero-order chi connectivity index (χ0) is 14.5. The molecule has 1 fully saturated rings. The Morgan fingerprint density at radius 3 is 3.05 bits per heavy atom. The van der Waals surface area contributed by atoms with Gasteiger partial charge in [0.2, 0.25) is 0 Å². The summed E-state index contributed by atoms with van der Waals surface area (Å²) in [6.45, 7) is 1.92. The molecule has 1 aliphatic rings. The Kier molecular flexibility index (Phi) is 5.31. The predicted octanol–water partition coefficient (Wildman–Crippen LogP) is 2.72. The van der Waals surface area contributed by atoms with Gasteiger partial charge in [0, 0.05) is 18.7 Å².